The van der Waals surface area contributed by atoms with E-state index >= 15 is 0 Å². The normalized spacial score (nSPS) is 10.4. The molecule has 27 heavy (non-hydrogen) atoms. The summed E-state index contributed by atoms with van der Waals surface area (Å²) in [6.07, 6.45) is -0.305. The third-order valence-electron chi connectivity index (χ3n) is 3.37. The van der Waals surface area contributed by atoms with Crippen molar-refractivity contribution < 1.29 is 33.4 Å². The molecular weight excluding hydrogens is 358 g/mol. The van der Waals surface area contributed by atoms with Crippen molar-refractivity contribution in [1.82, 2.24) is 15.6 Å². The van der Waals surface area contributed by atoms with Crippen LogP contribution in [0, 0.1) is 13.8 Å². The molecule has 0 radical (unpaired) electrons. The number of imide groups is 1. The number of carbonyl (C=O) groups excluding carboxylic acids is 4. The van der Waals surface area contributed by atoms with Crippen LogP contribution in [0.2, 0.25) is 0 Å². The maximum atomic E-state index is 12.2. The lowest BCUT2D eigenvalue weighted by Crippen LogP contribution is -2.42. The van der Waals surface area contributed by atoms with E-state index in [1.165, 1.54) is 7.11 Å². The molecule has 1 heterocycles. The highest BCUT2D eigenvalue weighted by Crippen LogP contribution is 2.20. The minimum atomic E-state index is -0.825. The van der Waals surface area contributed by atoms with Gasteiger partial charge in [0.1, 0.15) is 5.69 Å². The molecule has 150 valence electrons. The Balaban J connectivity index is 2.64. The molecule has 10 heteroatoms. The first-order chi connectivity index (χ1) is 12.7. The molecule has 3 amide bonds. The molecule has 0 fully saturated rings. The molecule has 10 nitrogen and oxygen atoms in total. The number of nitrogens with one attached hydrogen (secondary N) is 3. The van der Waals surface area contributed by atoms with E-state index in [-0.39, 0.29) is 23.9 Å². The van der Waals surface area contributed by atoms with Crippen molar-refractivity contribution in [1.29, 1.82) is 0 Å². The van der Waals surface area contributed by atoms with E-state index in [1.54, 1.807) is 27.7 Å². The number of ether oxygens (including phenoxy) is 3. The molecular formula is C17H25N3O7. The van der Waals surface area contributed by atoms with Crippen molar-refractivity contribution >= 4 is 23.9 Å². The second kappa shape index (κ2) is 10.3. The summed E-state index contributed by atoms with van der Waals surface area (Å²) in [6, 6.07) is -0.723. The Morgan fingerprint density at radius 1 is 1.11 bits per heavy atom. The van der Waals surface area contributed by atoms with E-state index in [1.807, 2.05) is 5.32 Å². The van der Waals surface area contributed by atoms with Gasteiger partial charge in [-0.3, -0.25) is 10.1 Å². The van der Waals surface area contributed by atoms with Gasteiger partial charge in [0.05, 0.1) is 18.3 Å². The summed E-state index contributed by atoms with van der Waals surface area (Å²) >= 11 is 0. The monoisotopic (exact) mass is 383 g/mol. The minimum absolute atomic E-state index is 0.0422. The maximum Gasteiger partial charge on any atom is 0.355 e. The average molecular weight is 383 g/mol. The Labute approximate surface area is 156 Å². The summed E-state index contributed by atoms with van der Waals surface area (Å²) in [4.78, 5) is 50.1. The van der Waals surface area contributed by atoms with Crippen LogP contribution < -0.4 is 10.6 Å². The summed E-state index contributed by atoms with van der Waals surface area (Å²) in [6.45, 7) is 6.50. The first-order valence-corrected chi connectivity index (χ1v) is 8.31. The van der Waals surface area contributed by atoms with Gasteiger partial charge in [0.15, 0.2) is 6.61 Å². The molecule has 0 aromatic carbocycles. The first-order valence-electron chi connectivity index (χ1n) is 8.31. The third kappa shape index (κ3) is 6.74. The predicted octanol–water partition coefficient (Wildman–Crippen LogP) is 0.826. The molecule has 1 rings (SSSR count). The average Bonchev–Trinajstić information content (AvgIpc) is 2.87. The Kier molecular flexibility index (Phi) is 8.46. The topological polar surface area (TPSA) is 136 Å². The van der Waals surface area contributed by atoms with Crippen molar-refractivity contribution in [3.63, 3.8) is 0 Å². The lowest BCUT2D eigenvalue weighted by molar-refractivity contribution is -0.123. The largest absolute Gasteiger partial charge is 0.459 e. The van der Waals surface area contributed by atoms with Crippen LogP contribution in [0.1, 0.15) is 46.0 Å². The standard InChI is InChI=1S/C17H25N3O7/c1-9(2)27-15(22)13-10(3)14(19-11(13)4)16(23)26-8-12(21)20-17(24)18-6-7-25-5/h9,19H,6-8H2,1-5H3,(H2,18,20,21,24). The number of H-pyrrole nitrogens is 1. The minimum Gasteiger partial charge on any atom is -0.459 e. The molecule has 0 aliphatic rings. The first kappa shape index (κ1) is 22.2. The second-order valence-electron chi connectivity index (χ2n) is 5.95. The van der Waals surface area contributed by atoms with Crippen LogP contribution in [-0.2, 0) is 19.0 Å². The van der Waals surface area contributed by atoms with E-state index in [0.717, 1.165) is 0 Å². The number of aromatic nitrogens is 1. The van der Waals surface area contributed by atoms with Gasteiger partial charge in [-0.2, -0.15) is 0 Å². The van der Waals surface area contributed by atoms with Crippen molar-refractivity contribution in [3.05, 3.63) is 22.5 Å². The van der Waals surface area contributed by atoms with Gasteiger partial charge < -0.3 is 24.5 Å². The number of aryl methyl sites for hydroxylation is 1. The summed E-state index contributed by atoms with van der Waals surface area (Å²) in [7, 11) is 1.47. The number of rotatable bonds is 8. The van der Waals surface area contributed by atoms with E-state index in [2.05, 4.69) is 10.3 Å². The number of hydrogen-bond acceptors (Lipinski definition) is 7. The zero-order valence-corrected chi connectivity index (χ0v) is 16.1. The fourth-order valence-electron chi connectivity index (χ4n) is 2.21. The SMILES string of the molecule is COCCNC(=O)NC(=O)COC(=O)c1[nH]c(C)c(C(=O)OC(C)C)c1C. The number of esters is 2. The van der Waals surface area contributed by atoms with Gasteiger partial charge in [-0.25, -0.2) is 14.4 Å². The lowest BCUT2D eigenvalue weighted by Gasteiger charge is -2.08. The van der Waals surface area contributed by atoms with E-state index in [4.69, 9.17) is 14.2 Å². The molecule has 0 aliphatic heterocycles. The van der Waals surface area contributed by atoms with E-state index in [9.17, 15) is 19.2 Å². The summed E-state index contributed by atoms with van der Waals surface area (Å²) in [5.41, 5.74) is 1.10. The fourth-order valence-corrected chi connectivity index (χ4v) is 2.21. The van der Waals surface area contributed by atoms with Crippen LogP contribution in [0.3, 0.4) is 0 Å². The number of amides is 3. The molecule has 3 N–H and O–H groups in total. The van der Waals surface area contributed by atoms with Crippen molar-refractivity contribution in [2.24, 2.45) is 0 Å². The van der Waals surface area contributed by atoms with Crippen LogP contribution in [0.4, 0.5) is 4.79 Å². The number of carbonyl (C=O) groups is 4. The van der Waals surface area contributed by atoms with Gasteiger partial charge in [0.25, 0.3) is 5.91 Å². The second-order valence-corrected chi connectivity index (χ2v) is 5.95. The summed E-state index contributed by atoms with van der Waals surface area (Å²) < 4.78 is 14.8. The van der Waals surface area contributed by atoms with Gasteiger partial charge in [0, 0.05) is 19.3 Å². The Morgan fingerprint density at radius 3 is 2.37 bits per heavy atom. The van der Waals surface area contributed by atoms with Crippen LogP contribution in [0.25, 0.3) is 0 Å². The van der Waals surface area contributed by atoms with Crippen LogP contribution in [0.15, 0.2) is 0 Å². The van der Waals surface area contributed by atoms with Crippen LogP contribution >= 0.6 is 0 Å². The molecule has 1 aromatic heterocycles. The molecule has 0 spiro atoms. The van der Waals surface area contributed by atoms with Gasteiger partial charge in [0.2, 0.25) is 0 Å². The van der Waals surface area contributed by atoms with E-state index < -0.39 is 30.5 Å². The quantitative estimate of drug-likeness (QED) is 0.447. The van der Waals surface area contributed by atoms with Gasteiger partial charge >= 0.3 is 18.0 Å². The van der Waals surface area contributed by atoms with Crippen molar-refractivity contribution in [3.8, 4) is 0 Å². The number of methoxy groups -OCH3 is 1. The molecule has 1 aromatic rings. The third-order valence-corrected chi connectivity index (χ3v) is 3.37. The Morgan fingerprint density at radius 2 is 1.78 bits per heavy atom. The molecule has 0 saturated carbocycles. The Bertz CT molecular complexity index is 710. The van der Waals surface area contributed by atoms with Gasteiger partial charge in [-0.15, -0.1) is 0 Å². The highest BCUT2D eigenvalue weighted by Gasteiger charge is 2.25. The highest BCUT2D eigenvalue weighted by molar-refractivity contribution is 6.00. The lowest BCUT2D eigenvalue weighted by atomic mass is 10.1. The molecule has 0 unspecified atom stereocenters. The van der Waals surface area contributed by atoms with E-state index in [0.29, 0.717) is 17.9 Å². The molecule has 0 aliphatic carbocycles. The van der Waals surface area contributed by atoms with Crippen molar-refractivity contribution in [2.75, 3.05) is 26.9 Å². The van der Waals surface area contributed by atoms with Gasteiger partial charge in [-0.1, -0.05) is 0 Å². The van der Waals surface area contributed by atoms with Crippen molar-refractivity contribution in [2.45, 2.75) is 33.8 Å². The maximum absolute atomic E-state index is 12.2. The zero-order valence-electron chi connectivity index (χ0n) is 16.1. The summed E-state index contributed by atoms with van der Waals surface area (Å²) in [5.74, 6) is -2.17. The highest BCUT2D eigenvalue weighted by atomic mass is 16.5. The predicted molar refractivity (Wildman–Crippen MR) is 94.5 cm³/mol. The summed E-state index contributed by atoms with van der Waals surface area (Å²) in [5, 5.41) is 4.40. The molecule has 0 bridgehead atoms. The number of urea groups is 1. The van der Waals surface area contributed by atoms with Gasteiger partial charge in [-0.05, 0) is 33.3 Å². The number of hydrogen-bond donors (Lipinski definition) is 3. The smallest absolute Gasteiger partial charge is 0.355 e. The molecule has 0 saturated heterocycles. The van der Waals surface area contributed by atoms with Crippen LogP contribution in [0.5, 0.6) is 0 Å². The molecule has 0 atom stereocenters. The number of aromatic amines is 1. The van der Waals surface area contributed by atoms with Crippen LogP contribution in [-0.4, -0.2) is 61.8 Å². The fraction of sp³-hybridized carbons (Fsp3) is 0.529. The Hall–Kier alpha value is -2.88. The zero-order chi connectivity index (χ0) is 20.6.